The van der Waals surface area contributed by atoms with Crippen molar-refractivity contribution in [1.82, 2.24) is 15.1 Å². The number of thioether (sulfide) groups is 1. The van der Waals surface area contributed by atoms with E-state index in [1.54, 1.807) is 11.8 Å². The van der Waals surface area contributed by atoms with Crippen LogP contribution in [0.1, 0.15) is 19.8 Å². The van der Waals surface area contributed by atoms with E-state index < -0.39 is 6.17 Å². The number of hydrogen-bond donors (Lipinski definition) is 1. The van der Waals surface area contributed by atoms with Crippen LogP contribution in [0.25, 0.3) is 0 Å². The Morgan fingerprint density at radius 2 is 2.00 bits per heavy atom. The molecule has 7 unspecified atom stereocenters. The fourth-order valence-corrected chi connectivity index (χ4v) is 4.75. The van der Waals surface area contributed by atoms with Gasteiger partial charge in [-0.05, 0) is 51.5 Å². The van der Waals surface area contributed by atoms with Crippen molar-refractivity contribution in [3.05, 3.63) is 0 Å². The highest BCUT2D eigenvalue weighted by molar-refractivity contribution is 7.99. The second kappa shape index (κ2) is 7.39. The van der Waals surface area contributed by atoms with Crippen molar-refractivity contribution in [2.75, 3.05) is 26.9 Å². The lowest BCUT2D eigenvalue weighted by molar-refractivity contribution is -0.0115. The van der Waals surface area contributed by atoms with Crippen LogP contribution in [0.4, 0.5) is 4.39 Å². The second-order valence-corrected chi connectivity index (χ2v) is 8.04. The Hall–Kier alpha value is 0.515. The average molecular weight is 334 g/mol. The summed E-state index contributed by atoms with van der Waals surface area (Å²) in [5.74, 6) is 0.424. The van der Waals surface area contributed by atoms with Crippen LogP contribution in [-0.4, -0.2) is 73.8 Å². The monoisotopic (exact) mass is 333 g/mol. The molecule has 0 aromatic heterocycles. The molecule has 1 aliphatic heterocycles. The summed E-state index contributed by atoms with van der Waals surface area (Å²) in [6, 6.07) is 0.242. The standard InChI is InChI=1S/C14H26BClFN3S/c1-8-5-11(17)10(16)6-12(8)18-14-19(2)7-9(15)13(21-4)20(14)3/h8-14,18H,5-7H2,1-4H3. The van der Waals surface area contributed by atoms with E-state index in [-0.39, 0.29) is 23.5 Å². The Labute approximate surface area is 138 Å². The third-order valence-corrected chi connectivity index (χ3v) is 6.45. The van der Waals surface area contributed by atoms with Gasteiger partial charge >= 0.3 is 0 Å². The first kappa shape index (κ1) is 17.9. The number of nitrogens with zero attached hydrogens (tertiary/aromatic N) is 2. The molecule has 3 nitrogen and oxygen atoms in total. The third kappa shape index (κ3) is 3.89. The molecule has 2 aliphatic rings. The number of alkyl halides is 2. The van der Waals surface area contributed by atoms with E-state index in [1.165, 1.54) is 0 Å². The van der Waals surface area contributed by atoms with Gasteiger partial charge in [0.25, 0.3) is 0 Å². The van der Waals surface area contributed by atoms with Crippen LogP contribution in [0.2, 0.25) is 5.82 Å². The zero-order valence-corrected chi connectivity index (χ0v) is 14.9. The number of halogens is 2. The second-order valence-electron chi connectivity index (χ2n) is 6.52. The number of hydrogen-bond acceptors (Lipinski definition) is 4. The van der Waals surface area contributed by atoms with Crippen molar-refractivity contribution in [2.24, 2.45) is 5.92 Å². The lowest BCUT2D eigenvalue weighted by atomic mass is 9.83. The van der Waals surface area contributed by atoms with Crippen molar-refractivity contribution in [1.29, 1.82) is 0 Å². The highest BCUT2D eigenvalue weighted by Crippen LogP contribution is 2.33. The van der Waals surface area contributed by atoms with Crippen molar-refractivity contribution in [3.63, 3.8) is 0 Å². The predicted octanol–water partition coefficient (Wildman–Crippen LogP) is 2.13. The lowest BCUT2D eigenvalue weighted by Gasteiger charge is -2.50. The van der Waals surface area contributed by atoms with Crippen LogP contribution in [0.3, 0.4) is 0 Å². The maximum atomic E-state index is 13.7. The van der Waals surface area contributed by atoms with Gasteiger partial charge in [-0.2, -0.15) is 0 Å². The maximum absolute atomic E-state index is 13.7. The maximum Gasteiger partial charge on any atom is 0.117 e. The summed E-state index contributed by atoms with van der Waals surface area (Å²) in [5.41, 5.74) is 0. The molecule has 0 aromatic carbocycles. The van der Waals surface area contributed by atoms with Crippen LogP contribution in [-0.2, 0) is 0 Å². The first-order valence-corrected chi connectivity index (χ1v) is 9.32. The smallest absolute Gasteiger partial charge is 0.117 e. The Balaban J connectivity index is 2.03. The molecule has 1 saturated heterocycles. The van der Waals surface area contributed by atoms with Gasteiger partial charge in [-0.3, -0.25) is 15.1 Å². The number of rotatable bonds is 3. The summed E-state index contributed by atoms with van der Waals surface area (Å²) in [6.45, 7) is 2.96. The van der Waals surface area contributed by atoms with Gasteiger partial charge in [-0.1, -0.05) is 6.92 Å². The first-order chi connectivity index (χ1) is 9.85. The van der Waals surface area contributed by atoms with Crippen LogP contribution < -0.4 is 5.32 Å². The lowest BCUT2D eigenvalue weighted by Crippen LogP contribution is -2.65. The van der Waals surface area contributed by atoms with Gasteiger partial charge in [0.05, 0.1) is 18.6 Å². The van der Waals surface area contributed by atoms with Gasteiger partial charge in [-0.25, -0.2) is 4.39 Å². The molecule has 7 heteroatoms. The minimum absolute atomic E-state index is 0.120. The van der Waals surface area contributed by atoms with E-state index >= 15 is 0 Å². The molecule has 1 heterocycles. The zero-order valence-electron chi connectivity index (χ0n) is 13.3. The van der Waals surface area contributed by atoms with Gasteiger partial charge < -0.3 is 0 Å². The van der Waals surface area contributed by atoms with Crippen LogP contribution >= 0.6 is 23.4 Å². The summed E-state index contributed by atoms with van der Waals surface area (Å²) in [4.78, 5) is 4.51. The molecule has 0 spiro atoms. The van der Waals surface area contributed by atoms with E-state index in [4.69, 9.17) is 19.4 Å². The summed E-state index contributed by atoms with van der Waals surface area (Å²) in [6.07, 6.45) is 2.55. The molecule has 2 fully saturated rings. The fraction of sp³-hybridized carbons (Fsp3) is 1.00. The van der Waals surface area contributed by atoms with Crippen molar-refractivity contribution >= 4 is 31.2 Å². The van der Waals surface area contributed by atoms with E-state index in [9.17, 15) is 4.39 Å². The third-order valence-electron chi connectivity index (χ3n) is 4.83. The Morgan fingerprint density at radius 3 is 2.62 bits per heavy atom. The van der Waals surface area contributed by atoms with Gasteiger partial charge in [0.15, 0.2) is 0 Å². The molecule has 1 aliphatic carbocycles. The van der Waals surface area contributed by atoms with Crippen LogP contribution in [0.5, 0.6) is 0 Å². The zero-order chi connectivity index (χ0) is 15.7. The van der Waals surface area contributed by atoms with Crippen molar-refractivity contribution in [3.8, 4) is 0 Å². The molecule has 2 radical (unpaired) electrons. The minimum atomic E-state index is -0.881. The van der Waals surface area contributed by atoms with E-state index in [2.05, 4.69) is 42.4 Å². The SMILES string of the molecule is [B]C1CN(C)C(NC2CC(Cl)C(F)CC2C)N(C)C1SC. The van der Waals surface area contributed by atoms with Crippen molar-refractivity contribution in [2.45, 2.75) is 54.8 Å². The topological polar surface area (TPSA) is 18.5 Å². The van der Waals surface area contributed by atoms with Crippen LogP contribution in [0.15, 0.2) is 0 Å². The van der Waals surface area contributed by atoms with Gasteiger partial charge in [0.1, 0.15) is 12.5 Å². The van der Waals surface area contributed by atoms with E-state index in [0.29, 0.717) is 24.1 Å². The molecule has 7 atom stereocenters. The Morgan fingerprint density at radius 1 is 1.33 bits per heavy atom. The normalized spacial score (nSPS) is 46.7. The Bertz CT molecular complexity index is 354. The minimum Gasteiger partial charge on any atom is -0.286 e. The summed E-state index contributed by atoms with van der Waals surface area (Å²) < 4.78 is 13.7. The highest BCUT2D eigenvalue weighted by Gasteiger charge is 2.40. The number of nitrogens with one attached hydrogen (secondary N) is 1. The molecule has 1 saturated carbocycles. The molecule has 0 amide bonds. The fourth-order valence-electron chi connectivity index (χ4n) is 3.57. The van der Waals surface area contributed by atoms with Crippen LogP contribution in [0, 0.1) is 5.92 Å². The highest BCUT2D eigenvalue weighted by atomic mass is 35.5. The molecule has 21 heavy (non-hydrogen) atoms. The summed E-state index contributed by atoms with van der Waals surface area (Å²) in [5, 5.41) is 3.59. The largest absolute Gasteiger partial charge is 0.286 e. The van der Waals surface area contributed by atoms with Crippen molar-refractivity contribution < 1.29 is 4.39 Å². The quantitative estimate of drug-likeness (QED) is 0.630. The van der Waals surface area contributed by atoms with Gasteiger partial charge in [0, 0.05) is 6.04 Å². The molecular formula is C14H26BClFN3S. The summed E-state index contributed by atoms with van der Waals surface area (Å²) >= 11 is 7.91. The average Bonchev–Trinajstić information content (AvgIpc) is 2.40. The predicted molar refractivity (Wildman–Crippen MR) is 90.8 cm³/mol. The molecule has 0 aromatic rings. The van der Waals surface area contributed by atoms with Gasteiger partial charge in [0.2, 0.25) is 0 Å². The molecular weight excluding hydrogens is 308 g/mol. The van der Waals surface area contributed by atoms with Gasteiger partial charge in [-0.15, -0.1) is 23.4 Å². The molecule has 120 valence electrons. The molecule has 1 N–H and O–H groups in total. The summed E-state index contributed by atoms with van der Waals surface area (Å²) in [7, 11) is 10.4. The van der Waals surface area contributed by atoms with E-state index in [1.807, 2.05) is 0 Å². The molecule has 2 rings (SSSR count). The molecule has 0 bridgehead atoms. The Kier molecular flexibility index (Phi) is 6.29. The van der Waals surface area contributed by atoms with E-state index in [0.717, 1.165) is 6.54 Å². The first-order valence-electron chi connectivity index (χ1n) is 7.59.